The van der Waals surface area contributed by atoms with Crippen LogP contribution in [0.4, 0.5) is 5.69 Å². The second kappa shape index (κ2) is 6.61. The summed E-state index contributed by atoms with van der Waals surface area (Å²) in [6, 6.07) is 6.34. The van der Waals surface area contributed by atoms with Crippen molar-refractivity contribution in [3.05, 3.63) is 29.8 Å². The van der Waals surface area contributed by atoms with Gasteiger partial charge in [-0.2, -0.15) is 11.8 Å². The summed E-state index contributed by atoms with van der Waals surface area (Å²) in [6.07, 6.45) is 2.71. The quantitative estimate of drug-likeness (QED) is 0.889. The van der Waals surface area contributed by atoms with Gasteiger partial charge in [0.05, 0.1) is 5.56 Å². The van der Waals surface area contributed by atoms with E-state index >= 15 is 0 Å². The number of rotatable bonds is 4. The van der Waals surface area contributed by atoms with E-state index < -0.39 is 5.97 Å². The summed E-state index contributed by atoms with van der Waals surface area (Å²) in [6.45, 7) is 0. The van der Waals surface area contributed by atoms with Crippen LogP contribution in [0.5, 0.6) is 0 Å². The van der Waals surface area contributed by atoms with Gasteiger partial charge < -0.3 is 10.4 Å². The average Bonchev–Trinajstić information content (AvgIpc) is 2.40. The van der Waals surface area contributed by atoms with Gasteiger partial charge in [0.2, 0.25) is 5.91 Å². The third-order valence-corrected chi connectivity index (χ3v) is 4.26. The zero-order chi connectivity index (χ0) is 13.7. The minimum Gasteiger partial charge on any atom is -0.478 e. The van der Waals surface area contributed by atoms with Gasteiger partial charge in [0, 0.05) is 12.1 Å². The second-order valence-corrected chi connectivity index (χ2v) is 5.92. The maximum atomic E-state index is 11.9. The van der Waals surface area contributed by atoms with Crippen molar-refractivity contribution in [2.75, 3.05) is 16.8 Å². The highest BCUT2D eigenvalue weighted by molar-refractivity contribution is 7.99. The molecule has 1 heterocycles. The molecule has 1 aliphatic rings. The Kier molecular flexibility index (Phi) is 4.85. The Labute approximate surface area is 116 Å². The smallest absolute Gasteiger partial charge is 0.335 e. The van der Waals surface area contributed by atoms with E-state index in [1.807, 2.05) is 11.8 Å². The summed E-state index contributed by atoms with van der Waals surface area (Å²) in [7, 11) is 0. The van der Waals surface area contributed by atoms with Gasteiger partial charge >= 0.3 is 5.97 Å². The molecule has 0 saturated carbocycles. The second-order valence-electron chi connectivity index (χ2n) is 4.69. The molecule has 1 fully saturated rings. The number of thioether (sulfide) groups is 1. The topological polar surface area (TPSA) is 66.4 Å². The van der Waals surface area contributed by atoms with Gasteiger partial charge in [0.15, 0.2) is 0 Å². The summed E-state index contributed by atoms with van der Waals surface area (Å²) in [4.78, 5) is 22.7. The molecule has 4 nitrogen and oxygen atoms in total. The molecule has 0 spiro atoms. The standard InChI is InChI=1S/C14H17NO3S/c16-13(8-10-4-6-19-7-5-10)15-12-3-1-2-11(9-12)14(17)18/h1-3,9-10H,4-8H2,(H,15,16)(H,17,18). The molecule has 0 aromatic heterocycles. The normalized spacial score (nSPS) is 16.0. The van der Waals surface area contributed by atoms with Crippen molar-refractivity contribution in [2.24, 2.45) is 5.92 Å². The van der Waals surface area contributed by atoms with Crippen LogP contribution in [0, 0.1) is 5.92 Å². The van der Waals surface area contributed by atoms with Gasteiger partial charge in [-0.15, -0.1) is 0 Å². The number of carbonyl (C=O) groups excluding carboxylic acids is 1. The molecule has 0 bridgehead atoms. The van der Waals surface area contributed by atoms with E-state index in [4.69, 9.17) is 5.11 Å². The maximum Gasteiger partial charge on any atom is 0.335 e. The van der Waals surface area contributed by atoms with E-state index in [1.54, 1.807) is 12.1 Å². The summed E-state index contributed by atoms with van der Waals surface area (Å²) in [5.41, 5.74) is 0.738. The number of amides is 1. The van der Waals surface area contributed by atoms with Crippen molar-refractivity contribution in [3.63, 3.8) is 0 Å². The van der Waals surface area contributed by atoms with Crippen LogP contribution in [0.3, 0.4) is 0 Å². The lowest BCUT2D eigenvalue weighted by molar-refractivity contribution is -0.117. The number of anilines is 1. The zero-order valence-corrected chi connectivity index (χ0v) is 11.4. The Morgan fingerprint density at radius 3 is 2.74 bits per heavy atom. The van der Waals surface area contributed by atoms with Crippen LogP contribution < -0.4 is 5.32 Å². The fourth-order valence-corrected chi connectivity index (χ4v) is 3.36. The largest absolute Gasteiger partial charge is 0.478 e. The first-order valence-corrected chi connectivity index (χ1v) is 7.51. The molecule has 0 atom stereocenters. The number of aromatic carboxylic acids is 1. The molecule has 0 aliphatic carbocycles. The monoisotopic (exact) mass is 279 g/mol. The van der Waals surface area contributed by atoms with Gasteiger partial charge in [0.25, 0.3) is 0 Å². The predicted molar refractivity (Wildman–Crippen MR) is 76.7 cm³/mol. The molecule has 2 rings (SSSR count). The number of carboxylic acid groups (broad SMARTS) is 1. The van der Waals surface area contributed by atoms with Crippen LogP contribution in [0.15, 0.2) is 24.3 Å². The van der Waals surface area contributed by atoms with Crippen LogP contribution >= 0.6 is 11.8 Å². The maximum absolute atomic E-state index is 11.9. The highest BCUT2D eigenvalue weighted by Gasteiger charge is 2.17. The number of benzene rings is 1. The first-order chi connectivity index (χ1) is 9.15. The van der Waals surface area contributed by atoms with E-state index in [9.17, 15) is 9.59 Å². The molecule has 0 radical (unpaired) electrons. The van der Waals surface area contributed by atoms with E-state index in [2.05, 4.69) is 5.32 Å². The molecule has 1 aromatic rings. The van der Waals surface area contributed by atoms with Crippen LogP contribution in [-0.2, 0) is 4.79 Å². The van der Waals surface area contributed by atoms with Crippen molar-refractivity contribution < 1.29 is 14.7 Å². The van der Waals surface area contributed by atoms with Crippen molar-refractivity contribution in [3.8, 4) is 0 Å². The molecule has 1 saturated heterocycles. The summed E-state index contributed by atoms with van der Waals surface area (Å²) in [5, 5.41) is 11.7. The van der Waals surface area contributed by atoms with Gasteiger partial charge in [-0.05, 0) is 48.5 Å². The molecule has 1 aromatic carbocycles. The lowest BCUT2D eigenvalue weighted by atomic mass is 9.98. The Morgan fingerprint density at radius 2 is 2.05 bits per heavy atom. The van der Waals surface area contributed by atoms with Crippen LogP contribution in [0.2, 0.25) is 0 Å². The lowest BCUT2D eigenvalue weighted by Gasteiger charge is -2.20. The summed E-state index contributed by atoms with van der Waals surface area (Å²) in [5.74, 6) is 1.71. The molecule has 0 unspecified atom stereocenters. The molecular formula is C14H17NO3S. The number of hydrogen-bond acceptors (Lipinski definition) is 3. The van der Waals surface area contributed by atoms with E-state index in [0.717, 1.165) is 24.3 Å². The van der Waals surface area contributed by atoms with E-state index in [1.165, 1.54) is 12.1 Å². The highest BCUT2D eigenvalue weighted by atomic mass is 32.2. The van der Waals surface area contributed by atoms with E-state index in [0.29, 0.717) is 18.0 Å². The Balaban J connectivity index is 1.90. The number of hydrogen-bond donors (Lipinski definition) is 2. The predicted octanol–water partition coefficient (Wildman–Crippen LogP) is 2.86. The third-order valence-electron chi connectivity index (χ3n) is 3.21. The highest BCUT2D eigenvalue weighted by Crippen LogP contribution is 2.25. The number of carboxylic acids is 1. The SMILES string of the molecule is O=C(CC1CCSCC1)Nc1cccc(C(=O)O)c1. The Hall–Kier alpha value is -1.49. The molecule has 1 aliphatic heterocycles. The van der Waals surface area contributed by atoms with Crippen molar-refractivity contribution >= 4 is 29.3 Å². The molecule has 1 amide bonds. The number of nitrogens with one attached hydrogen (secondary N) is 1. The minimum absolute atomic E-state index is 0.0283. The minimum atomic E-state index is -0.986. The first-order valence-electron chi connectivity index (χ1n) is 6.36. The van der Waals surface area contributed by atoms with Gasteiger partial charge in [-0.3, -0.25) is 4.79 Å². The van der Waals surface area contributed by atoms with Crippen LogP contribution in [0.25, 0.3) is 0 Å². The Bertz CT molecular complexity index is 470. The first kappa shape index (κ1) is 13.9. The fraction of sp³-hybridized carbons (Fsp3) is 0.429. The van der Waals surface area contributed by atoms with Crippen molar-refractivity contribution in [1.82, 2.24) is 0 Å². The van der Waals surface area contributed by atoms with Crippen molar-refractivity contribution in [1.29, 1.82) is 0 Å². The third kappa shape index (κ3) is 4.28. The fourth-order valence-electron chi connectivity index (χ4n) is 2.15. The molecule has 5 heteroatoms. The molecular weight excluding hydrogens is 262 g/mol. The van der Waals surface area contributed by atoms with Gasteiger partial charge in [-0.1, -0.05) is 6.07 Å². The Morgan fingerprint density at radius 1 is 1.32 bits per heavy atom. The van der Waals surface area contributed by atoms with Crippen LogP contribution in [0.1, 0.15) is 29.6 Å². The molecule has 19 heavy (non-hydrogen) atoms. The molecule has 2 N–H and O–H groups in total. The summed E-state index contributed by atoms with van der Waals surface area (Å²) < 4.78 is 0. The van der Waals surface area contributed by atoms with Crippen molar-refractivity contribution in [2.45, 2.75) is 19.3 Å². The van der Waals surface area contributed by atoms with Crippen LogP contribution in [-0.4, -0.2) is 28.5 Å². The van der Waals surface area contributed by atoms with Gasteiger partial charge in [0.1, 0.15) is 0 Å². The van der Waals surface area contributed by atoms with Gasteiger partial charge in [-0.25, -0.2) is 4.79 Å². The lowest BCUT2D eigenvalue weighted by Crippen LogP contribution is -2.19. The zero-order valence-electron chi connectivity index (χ0n) is 10.6. The summed E-state index contributed by atoms with van der Waals surface area (Å²) >= 11 is 1.94. The number of carbonyl (C=O) groups is 2. The molecule has 102 valence electrons. The average molecular weight is 279 g/mol. The van der Waals surface area contributed by atoms with E-state index in [-0.39, 0.29) is 11.5 Å².